The lowest BCUT2D eigenvalue weighted by atomic mass is 10.1. The van der Waals surface area contributed by atoms with Gasteiger partial charge in [0.05, 0.1) is 16.3 Å². The molecule has 0 saturated carbocycles. The number of halogens is 1. The van der Waals surface area contributed by atoms with Crippen molar-refractivity contribution in [2.75, 3.05) is 28.2 Å². The number of aryl methyl sites for hydroxylation is 1. The highest BCUT2D eigenvalue weighted by Crippen LogP contribution is 2.30. The molecule has 210 valence electrons. The number of benzene rings is 3. The molecule has 0 aliphatic rings. The highest BCUT2D eigenvalue weighted by atomic mass is 32.2. The molecule has 0 spiro atoms. The van der Waals surface area contributed by atoms with Crippen molar-refractivity contribution < 1.29 is 22.1 Å². The molecule has 13 heteroatoms. The van der Waals surface area contributed by atoms with E-state index in [0.29, 0.717) is 33.1 Å². The Balaban J connectivity index is 1.59. The minimum Gasteiger partial charge on any atom is -0.394 e. The number of nitrogens with one attached hydrogen (secondary N) is 4. The molecule has 10 nitrogen and oxygen atoms in total. The molecule has 0 radical (unpaired) electrons. The van der Waals surface area contributed by atoms with Gasteiger partial charge in [-0.15, -0.1) is 0 Å². The van der Waals surface area contributed by atoms with E-state index in [-0.39, 0.29) is 24.3 Å². The lowest BCUT2D eigenvalue weighted by Crippen LogP contribution is -2.21. The Kier molecular flexibility index (Phi) is 8.37. The van der Waals surface area contributed by atoms with Crippen molar-refractivity contribution in [2.24, 2.45) is 0 Å². The van der Waals surface area contributed by atoms with Gasteiger partial charge in [-0.05, 0) is 73.5 Å². The molecule has 2 atom stereocenters. The summed E-state index contributed by atoms with van der Waals surface area (Å²) in [5, 5.41) is 15.8. The smallest absolute Gasteiger partial charge is 0.264 e. The first kappa shape index (κ1) is 28.9. The molecule has 1 aromatic heterocycles. The molecule has 0 aliphatic heterocycles. The van der Waals surface area contributed by atoms with E-state index in [0.717, 1.165) is 6.07 Å². The summed E-state index contributed by atoms with van der Waals surface area (Å²) in [5.41, 5.74) is 2.75. The van der Waals surface area contributed by atoms with Crippen LogP contribution in [0.1, 0.15) is 12.5 Å². The number of nitrogens with zero attached hydrogens (tertiary/aromatic N) is 2. The van der Waals surface area contributed by atoms with Crippen molar-refractivity contribution in [2.45, 2.75) is 29.7 Å². The highest BCUT2D eigenvalue weighted by Gasteiger charge is 2.20. The second-order valence-corrected chi connectivity index (χ2v) is 13.1. The first-order chi connectivity index (χ1) is 18.9. The second-order valence-electron chi connectivity index (χ2n) is 9.29. The third-order valence-electron chi connectivity index (χ3n) is 5.83. The summed E-state index contributed by atoms with van der Waals surface area (Å²) >= 11 is 0. The molecule has 3 aromatic carbocycles. The zero-order chi connectivity index (χ0) is 29.1. The topological polar surface area (TPSA) is 157 Å². The van der Waals surface area contributed by atoms with Crippen LogP contribution in [-0.4, -0.2) is 46.6 Å². The maximum Gasteiger partial charge on any atom is 0.264 e. The number of hydrogen-bond donors (Lipinski definition) is 5. The first-order valence-electron chi connectivity index (χ1n) is 12.1. The van der Waals surface area contributed by atoms with E-state index < -0.39 is 30.5 Å². The summed E-state index contributed by atoms with van der Waals surface area (Å²) in [4.78, 5) is 8.91. The standard InChI is InChI=1S/C27H29FN6O4S2/c1-17-4-13-24(28)25(14-17)40(37,38)34-21-7-5-19(6-8-21)23-15-30-27(33-26(23)31-18(2)16-35)32-20-9-11-22(12-10-20)39(3,29)36/h4-15,18,29,34-35H,16H2,1-3H3,(H2,30,31,32,33). The van der Waals surface area contributed by atoms with Crippen LogP contribution in [0.5, 0.6) is 0 Å². The number of anilines is 4. The zero-order valence-corrected chi connectivity index (χ0v) is 23.6. The fourth-order valence-electron chi connectivity index (χ4n) is 3.71. The molecule has 4 aromatic rings. The van der Waals surface area contributed by atoms with Gasteiger partial charge >= 0.3 is 0 Å². The van der Waals surface area contributed by atoms with Crippen LogP contribution in [0.15, 0.2) is 82.7 Å². The third kappa shape index (κ3) is 6.92. The average molecular weight is 585 g/mol. The monoisotopic (exact) mass is 584 g/mol. The molecule has 0 saturated heterocycles. The van der Waals surface area contributed by atoms with Crippen LogP contribution in [0.25, 0.3) is 11.1 Å². The molecule has 40 heavy (non-hydrogen) atoms. The summed E-state index contributed by atoms with van der Waals surface area (Å²) in [6.45, 7) is 3.31. The van der Waals surface area contributed by atoms with Crippen molar-refractivity contribution in [1.82, 2.24) is 9.97 Å². The van der Waals surface area contributed by atoms with Gasteiger partial charge in [-0.25, -0.2) is 26.8 Å². The van der Waals surface area contributed by atoms with Crippen molar-refractivity contribution in [3.05, 3.63) is 84.3 Å². The fourth-order valence-corrected chi connectivity index (χ4v) is 5.59. The number of sulfonamides is 1. The molecular weight excluding hydrogens is 555 g/mol. The van der Waals surface area contributed by atoms with E-state index in [2.05, 4.69) is 25.3 Å². The predicted molar refractivity (Wildman–Crippen MR) is 154 cm³/mol. The van der Waals surface area contributed by atoms with Crippen LogP contribution in [0, 0.1) is 17.5 Å². The molecule has 0 bridgehead atoms. The Labute approximate surface area is 232 Å². The fraction of sp³-hybridized carbons (Fsp3) is 0.185. The summed E-state index contributed by atoms with van der Waals surface area (Å²) < 4.78 is 61.7. The third-order valence-corrected chi connectivity index (χ3v) is 8.40. The van der Waals surface area contributed by atoms with Gasteiger partial charge in [0.1, 0.15) is 16.5 Å². The van der Waals surface area contributed by atoms with E-state index in [9.17, 15) is 22.1 Å². The summed E-state index contributed by atoms with van der Waals surface area (Å²) in [6, 6.07) is 16.5. The maximum absolute atomic E-state index is 14.2. The molecule has 2 unspecified atom stereocenters. The van der Waals surface area contributed by atoms with E-state index in [1.807, 2.05) is 0 Å². The molecule has 4 rings (SSSR count). The predicted octanol–water partition coefficient (Wildman–Crippen LogP) is 4.96. The molecular formula is C27H29FN6O4S2. The number of aliphatic hydroxyl groups is 1. The molecule has 0 aliphatic carbocycles. The van der Waals surface area contributed by atoms with E-state index in [4.69, 9.17) is 4.78 Å². The normalized spacial score (nSPS) is 13.7. The molecule has 5 N–H and O–H groups in total. The van der Waals surface area contributed by atoms with Crippen LogP contribution in [-0.2, 0) is 19.8 Å². The minimum absolute atomic E-state index is 0.146. The van der Waals surface area contributed by atoms with Crippen molar-refractivity contribution in [3.8, 4) is 11.1 Å². The zero-order valence-electron chi connectivity index (χ0n) is 22.0. The SMILES string of the molecule is Cc1ccc(F)c(S(=O)(=O)Nc2ccc(-c3cnc(Nc4ccc(S(C)(=N)=O)cc4)nc3NC(C)CO)cc2)c1. The Bertz CT molecular complexity index is 1730. The number of aliphatic hydroxyl groups excluding tert-OH is 1. The maximum atomic E-state index is 14.2. The van der Waals surface area contributed by atoms with Crippen molar-refractivity contribution >= 4 is 42.9 Å². The van der Waals surface area contributed by atoms with E-state index in [1.165, 1.54) is 18.4 Å². The summed E-state index contributed by atoms with van der Waals surface area (Å²) in [7, 11) is -6.97. The van der Waals surface area contributed by atoms with Crippen LogP contribution < -0.4 is 15.4 Å². The van der Waals surface area contributed by atoms with Crippen LogP contribution in [0.3, 0.4) is 0 Å². The van der Waals surface area contributed by atoms with Crippen molar-refractivity contribution in [1.29, 1.82) is 4.78 Å². The minimum atomic E-state index is -4.14. The van der Waals surface area contributed by atoms with Gasteiger partial charge in [-0.3, -0.25) is 4.72 Å². The molecule has 0 fully saturated rings. The average Bonchev–Trinajstić information content (AvgIpc) is 2.90. The van der Waals surface area contributed by atoms with Gasteiger partial charge in [0.2, 0.25) is 5.95 Å². The second kappa shape index (κ2) is 11.6. The quantitative estimate of drug-likeness (QED) is 0.175. The van der Waals surface area contributed by atoms with E-state index in [1.54, 1.807) is 68.6 Å². The molecule has 0 amide bonds. The van der Waals surface area contributed by atoms with Gasteiger partial charge in [0, 0.05) is 40.3 Å². The lowest BCUT2D eigenvalue weighted by molar-refractivity contribution is 0.281. The Morgan fingerprint density at radius 3 is 2.27 bits per heavy atom. The summed E-state index contributed by atoms with van der Waals surface area (Å²) in [5.74, 6) is -0.156. The summed E-state index contributed by atoms with van der Waals surface area (Å²) in [6.07, 6.45) is 2.93. The lowest BCUT2D eigenvalue weighted by Gasteiger charge is -2.17. The first-order valence-corrected chi connectivity index (χ1v) is 15.6. The van der Waals surface area contributed by atoms with Crippen LogP contribution >= 0.6 is 0 Å². The number of rotatable bonds is 10. The van der Waals surface area contributed by atoms with Crippen LogP contribution in [0.4, 0.5) is 27.5 Å². The van der Waals surface area contributed by atoms with Crippen LogP contribution in [0.2, 0.25) is 0 Å². The van der Waals surface area contributed by atoms with Crippen molar-refractivity contribution in [3.63, 3.8) is 0 Å². The molecule has 1 heterocycles. The number of hydrogen-bond acceptors (Lipinski definition) is 9. The van der Waals surface area contributed by atoms with Gasteiger partial charge < -0.3 is 15.7 Å². The largest absolute Gasteiger partial charge is 0.394 e. The van der Waals surface area contributed by atoms with Gasteiger partial charge in [-0.1, -0.05) is 18.2 Å². The number of aromatic nitrogens is 2. The Morgan fingerprint density at radius 1 is 1.00 bits per heavy atom. The Hall–Kier alpha value is -4.07. The van der Waals surface area contributed by atoms with E-state index >= 15 is 0 Å². The Morgan fingerprint density at radius 2 is 1.65 bits per heavy atom. The van der Waals surface area contributed by atoms with Gasteiger partial charge in [0.15, 0.2) is 0 Å². The van der Waals surface area contributed by atoms with Gasteiger partial charge in [0.25, 0.3) is 10.0 Å². The van der Waals surface area contributed by atoms with Gasteiger partial charge in [-0.2, -0.15) is 4.98 Å². The highest BCUT2D eigenvalue weighted by molar-refractivity contribution is 7.92.